The van der Waals surface area contributed by atoms with Crippen molar-refractivity contribution < 1.29 is 31.7 Å². The van der Waals surface area contributed by atoms with Gasteiger partial charge in [-0.3, -0.25) is 0 Å². The van der Waals surface area contributed by atoms with Gasteiger partial charge in [0, 0.05) is 0 Å². The van der Waals surface area contributed by atoms with E-state index in [2.05, 4.69) is 15.9 Å². The molecule has 0 amide bonds. The lowest BCUT2D eigenvalue weighted by Crippen LogP contribution is -3.07. The first-order valence-electron chi connectivity index (χ1n) is 4.80. The molecule has 17 heavy (non-hydrogen) atoms. The molecule has 9 heteroatoms. The summed E-state index contributed by atoms with van der Waals surface area (Å²) in [6, 6.07) is -0.898. The number of fused-ring (bicyclic) bond motifs is 2. The van der Waals surface area contributed by atoms with Crippen molar-refractivity contribution in [1.29, 1.82) is 0 Å². The molecule has 2 bridgehead atoms. The van der Waals surface area contributed by atoms with Crippen molar-refractivity contribution in [3.05, 3.63) is 0 Å². The Hall–Kier alpha value is 0.310. The van der Waals surface area contributed by atoms with Crippen molar-refractivity contribution in [2.45, 2.75) is 40.6 Å². The van der Waals surface area contributed by atoms with E-state index in [4.69, 9.17) is 11.6 Å². The number of quaternary nitrogens is 1. The highest BCUT2D eigenvalue weighted by Crippen LogP contribution is 2.55. The number of hydrogen-bond acceptors (Lipinski definition) is 0. The fourth-order valence-corrected chi connectivity index (χ4v) is 4.44. The molecule has 100 valence electrons. The average molecular weight is 348 g/mol. The summed E-state index contributed by atoms with van der Waals surface area (Å²) in [7, 11) is 0. The maximum Gasteiger partial charge on any atom is 0.454 e. The molecule has 0 radical (unpaired) electrons. The van der Waals surface area contributed by atoms with Crippen LogP contribution in [0.5, 0.6) is 0 Å². The van der Waals surface area contributed by atoms with Gasteiger partial charge in [0.15, 0.2) is 0 Å². The Labute approximate surface area is 106 Å². The van der Waals surface area contributed by atoms with Crippen LogP contribution in [-0.2, 0) is 0 Å². The fourth-order valence-electron chi connectivity index (χ4n) is 2.83. The first kappa shape index (κ1) is 13.7. The fraction of sp³-hybridized carbons (Fsp3) is 1.00. The van der Waals surface area contributed by atoms with Gasteiger partial charge in [-0.1, -0.05) is 15.9 Å². The average Bonchev–Trinajstić information content (AvgIpc) is 2.53. The second-order valence-electron chi connectivity index (χ2n) is 4.41. The van der Waals surface area contributed by atoms with Crippen LogP contribution in [0.2, 0.25) is 0 Å². The lowest BCUT2D eigenvalue weighted by molar-refractivity contribution is -0.794. The number of nitrogens with two attached hydrogens (primary N) is 1. The zero-order chi connectivity index (χ0) is 13.2. The highest BCUT2D eigenvalue weighted by Gasteiger charge is 2.85. The first-order chi connectivity index (χ1) is 7.52. The smallest absolute Gasteiger partial charge is 0.321 e. The standard InChI is InChI=1S/C8H7BrClF6N/c9-3-1-2-4(10)5(3)17-6(2,7(11,12)13)8(14,15)16/h2-5,17H,1H2/p+1. The van der Waals surface area contributed by atoms with Crippen LogP contribution in [0.4, 0.5) is 26.3 Å². The topological polar surface area (TPSA) is 16.6 Å². The maximum absolute atomic E-state index is 12.8. The van der Waals surface area contributed by atoms with Crippen molar-refractivity contribution in [3.8, 4) is 0 Å². The molecule has 1 aliphatic carbocycles. The van der Waals surface area contributed by atoms with E-state index in [9.17, 15) is 26.3 Å². The van der Waals surface area contributed by atoms with Gasteiger partial charge in [-0.25, -0.2) is 0 Å². The monoisotopic (exact) mass is 346 g/mol. The van der Waals surface area contributed by atoms with Gasteiger partial charge in [-0.05, 0) is 6.42 Å². The molecule has 4 atom stereocenters. The lowest BCUT2D eigenvalue weighted by Gasteiger charge is -2.38. The first-order valence-corrected chi connectivity index (χ1v) is 6.15. The summed E-state index contributed by atoms with van der Waals surface area (Å²) < 4.78 is 77.1. The van der Waals surface area contributed by atoms with Gasteiger partial charge in [-0.15, -0.1) is 11.6 Å². The molecule has 1 saturated carbocycles. The predicted molar refractivity (Wildman–Crippen MR) is 51.0 cm³/mol. The molecule has 2 fully saturated rings. The third-order valence-corrected chi connectivity index (χ3v) is 5.21. The van der Waals surface area contributed by atoms with Crippen molar-refractivity contribution in [2.75, 3.05) is 0 Å². The molecule has 2 N–H and O–H groups in total. The molecule has 2 aliphatic rings. The van der Waals surface area contributed by atoms with E-state index in [1.54, 1.807) is 0 Å². The minimum atomic E-state index is -5.36. The molecule has 0 aromatic carbocycles. The van der Waals surface area contributed by atoms with Gasteiger partial charge in [0.2, 0.25) is 0 Å². The number of piperidine rings is 1. The molecule has 1 saturated heterocycles. The quantitative estimate of drug-likeness (QED) is 0.511. The molecule has 0 aromatic rings. The van der Waals surface area contributed by atoms with E-state index in [1.807, 2.05) is 0 Å². The molecule has 1 heterocycles. The Morgan fingerprint density at radius 2 is 1.59 bits per heavy atom. The summed E-state index contributed by atoms with van der Waals surface area (Å²) in [5.41, 5.74) is -3.75. The van der Waals surface area contributed by atoms with Crippen molar-refractivity contribution in [2.24, 2.45) is 5.92 Å². The second kappa shape index (κ2) is 3.66. The molecular formula is C8H8BrClF6N+. The zero-order valence-corrected chi connectivity index (χ0v) is 10.5. The van der Waals surface area contributed by atoms with Gasteiger partial charge in [-0.2, -0.15) is 26.3 Å². The lowest BCUT2D eigenvalue weighted by atomic mass is 9.82. The Morgan fingerprint density at radius 1 is 1.12 bits per heavy atom. The largest absolute Gasteiger partial charge is 0.454 e. The normalized spacial score (nSPS) is 40.9. The van der Waals surface area contributed by atoms with Crippen LogP contribution < -0.4 is 5.32 Å². The summed E-state index contributed by atoms with van der Waals surface area (Å²) in [5, 5.41) is -0.777. The minimum absolute atomic E-state index is 0.214. The maximum atomic E-state index is 12.8. The molecular weight excluding hydrogens is 339 g/mol. The van der Waals surface area contributed by atoms with Gasteiger partial charge >= 0.3 is 12.4 Å². The summed E-state index contributed by atoms with van der Waals surface area (Å²) in [4.78, 5) is -0.409. The molecule has 0 spiro atoms. The van der Waals surface area contributed by atoms with Crippen molar-refractivity contribution in [1.82, 2.24) is 0 Å². The SMILES string of the molecule is FC(F)(F)C1(C(F)(F)F)[NH2+]C2C(Br)CC1C2Cl. The van der Waals surface area contributed by atoms with Gasteiger partial charge < -0.3 is 5.32 Å². The summed E-state index contributed by atoms with van der Waals surface area (Å²) in [6.45, 7) is 0. The number of halogens is 8. The highest BCUT2D eigenvalue weighted by molar-refractivity contribution is 9.09. The van der Waals surface area contributed by atoms with Crippen molar-refractivity contribution in [3.63, 3.8) is 0 Å². The molecule has 4 unspecified atom stereocenters. The molecule has 0 aromatic heterocycles. The van der Waals surface area contributed by atoms with Crippen molar-refractivity contribution >= 4 is 27.5 Å². The molecule has 1 nitrogen and oxygen atoms in total. The number of alkyl halides is 8. The van der Waals surface area contributed by atoms with Crippen LogP contribution >= 0.6 is 27.5 Å². The Bertz CT molecular complexity index is 315. The summed E-state index contributed by atoms with van der Waals surface area (Å²) >= 11 is 8.78. The van der Waals surface area contributed by atoms with Gasteiger partial charge in [0.25, 0.3) is 5.54 Å². The zero-order valence-electron chi connectivity index (χ0n) is 8.12. The van der Waals surface area contributed by atoms with Crippen LogP contribution in [0.15, 0.2) is 0 Å². The van der Waals surface area contributed by atoms with Gasteiger partial charge in [0.05, 0.1) is 16.1 Å². The van der Waals surface area contributed by atoms with E-state index >= 15 is 0 Å². The number of hydrogen-bond donors (Lipinski definition) is 1. The van der Waals surface area contributed by atoms with Gasteiger partial charge in [0.1, 0.15) is 6.04 Å². The van der Waals surface area contributed by atoms with Crippen LogP contribution in [-0.4, -0.2) is 34.1 Å². The van der Waals surface area contributed by atoms with Crippen LogP contribution in [0.3, 0.4) is 0 Å². The minimum Gasteiger partial charge on any atom is -0.321 e. The van der Waals surface area contributed by atoms with E-state index in [-0.39, 0.29) is 6.42 Å². The van der Waals surface area contributed by atoms with Crippen LogP contribution in [0, 0.1) is 5.92 Å². The summed E-state index contributed by atoms with van der Waals surface area (Å²) in [6.07, 6.45) is -10.9. The Balaban J connectivity index is 2.48. The molecule has 2 rings (SSSR count). The molecule has 1 aliphatic heterocycles. The van der Waals surface area contributed by atoms with E-state index in [0.717, 1.165) is 0 Å². The van der Waals surface area contributed by atoms with Crippen LogP contribution in [0.1, 0.15) is 6.42 Å². The predicted octanol–water partition coefficient (Wildman–Crippen LogP) is 2.19. The second-order valence-corrected chi connectivity index (χ2v) is 6.09. The van der Waals surface area contributed by atoms with E-state index in [0.29, 0.717) is 5.32 Å². The third kappa shape index (κ3) is 1.63. The summed E-state index contributed by atoms with van der Waals surface area (Å²) in [5.74, 6) is -1.64. The van der Waals surface area contributed by atoms with Crippen LogP contribution in [0.25, 0.3) is 0 Å². The highest BCUT2D eigenvalue weighted by atomic mass is 79.9. The van der Waals surface area contributed by atoms with E-state index < -0.39 is 40.1 Å². The number of rotatable bonds is 0. The Kier molecular flexibility index (Phi) is 2.96. The van der Waals surface area contributed by atoms with E-state index in [1.165, 1.54) is 0 Å². The Morgan fingerprint density at radius 3 is 1.82 bits per heavy atom. The third-order valence-electron chi connectivity index (χ3n) is 3.63.